The van der Waals surface area contributed by atoms with Gasteiger partial charge in [0.15, 0.2) is 23.0 Å². The molecule has 0 aromatic heterocycles. The minimum absolute atomic E-state index is 0.170. The Bertz CT molecular complexity index is 2360. The molecule has 2 aliphatic heterocycles. The number of benzene rings is 4. The molecule has 400 valence electrons. The number of ether oxygens (including phenoxy) is 5. The molecule has 74 heavy (non-hydrogen) atoms. The Labute approximate surface area is 437 Å². The number of esters is 1. The van der Waals surface area contributed by atoms with Crippen molar-refractivity contribution in [3.63, 3.8) is 0 Å². The van der Waals surface area contributed by atoms with Crippen molar-refractivity contribution < 1.29 is 42.9 Å². The molecule has 4 aliphatic rings. The van der Waals surface area contributed by atoms with E-state index in [2.05, 4.69) is 47.8 Å². The summed E-state index contributed by atoms with van der Waals surface area (Å²) in [6.45, 7) is 14.2. The minimum Gasteiger partial charge on any atom is -0.493 e. The van der Waals surface area contributed by atoms with Gasteiger partial charge in [-0.15, -0.1) is 0 Å². The number of anilines is 2. The zero-order valence-corrected chi connectivity index (χ0v) is 44.5. The number of hydrazine groups is 1. The average Bonchev–Trinajstić information content (AvgIpc) is 4.40. The van der Waals surface area contributed by atoms with Gasteiger partial charge in [-0.1, -0.05) is 24.3 Å². The monoisotopic (exact) mass is 1020 g/mol. The molecule has 0 unspecified atom stereocenters. The van der Waals surface area contributed by atoms with E-state index >= 15 is 0 Å². The lowest BCUT2D eigenvalue weighted by molar-refractivity contribution is -0.140. The van der Waals surface area contributed by atoms with Crippen molar-refractivity contribution >= 4 is 35.1 Å². The first-order valence-corrected chi connectivity index (χ1v) is 26.2. The van der Waals surface area contributed by atoms with Crippen LogP contribution in [0.4, 0.5) is 11.4 Å². The number of carbonyl (C=O) groups is 4. The standard InChI is InChI=1S/C29H39N3O5.C28H39N5O4/c1-20(23-8-11-26(35-2)27(17-23)36-3)30-29(34)25-18-24(10-7-22(25)9-12-28(33)37-4)32-15-13-31(14-16-32)19-21-5-6-21;1-19(22-7-10-25(36-2)26(16-22)37-3)30-28(35)24-17-23(9-6-21(24)8-11-27(34)31-29)33-14-12-32(13-15-33)18-20-4-5-20/h7-8,10-11,17-18,20-21H,5-6,9,12-16,19H2,1-4H3,(H,30,34);6-7,9-10,16-17,19-20H,4-5,8,11-15,18,29H2,1-3H3,(H,30,35)(H,31,34)/t20-;19-/m11/s1. The highest BCUT2D eigenvalue weighted by molar-refractivity contribution is 5.98. The fraction of sp³-hybridized carbons (Fsp3) is 0.509. The molecule has 0 radical (unpaired) electrons. The van der Waals surface area contributed by atoms with Crippen LogP contribution in [0.3, 0.4) is 0 Å². The molecular formula is C57H78N8O9. The summed E-state index contributed by atoms with van der Waals surface area (Å²) in [6, 6.07) is 22.7. The molecule has 8 rings (SSSR count). The van der Waals surface area contributed by atoms with Crippen LogP contribution in [0.1, 0.15) is 107 Å². The second kappa shape index (κ2) is 26.6. The number of nitrogens with zero attached hydrogens (tertiary/aromatic N) is 4. The van der Waals surface area contributed by atoms with E-state index in [0.717, 1.165) is 97.8 Å². The normalized spacial score (nSPS) is 16.7. The van der Waals surface area contributed by atoms with Gasteiger partial charge in [-0.3, -0.25) is 34.4 Å². The number of nitrogens with two attached hydrogens (primary N) is 1. The summed E-state index contributed by atoms with van der Waals surface area (Å²) in [5.41, 5.74) is 8.86. The molecule has 2 atom stereocenters. The van der Waals surface area contributed by atoms with Gasteiger partial charge >= 0.3 is 5.97 Å². The Kier molecular flexibility index (Phi) is 19.8. The van der Waals surface area contributed by atoms with E-state index in [-0.39, 0.29) is 48.6 Å². The van der Waals surface area contributed by atoms with Crippen molar-refractivity contribution in [1.29, 1.82) is 0 Å². The Hall–Kier alpha value is -6.56. The maximum Gasteiger partial charge on any atom is 0.305 e. The number of hydrogen-bond acceptors (Lipinski definition) is 14. The third-order valence-electron chi connectivity index (χ3n) is 14.7. The number of methoxy groups -OCH3 is 5. The van der Waals surface area contributed by atoms with Gasteiger partial charge in [-0.25, -0.2) is 5.84 Å². The second-order valence-corrected chi connectivity index (χ2v) is 19.9. The molecule has 5 N–H and O–H groups in total. The topological polar surface area (TPSA) is 190 Å². The van der Waals surface area contributed by atoms with Crippen LogP contribution < -0.4 is 50.6 Å². The van der Waals surface area contributed by atoms with Gasteiger partial charge in [0.25, 0.3) is 11.8 Å². The van der Waals surface area contributed by atoms with Crippen LogP contribution in [0.5, 0.6) is 23.0 Å². The van der Waals surface area contributed by atoms with E-state index in [9.17, 15) is 19.2 Å². The zero-order valence-electron chi connectivity index (χ0n) is 44.5. The largest absolute Gasteiger partial charge is 0.493 e. The summed E-state index contributed by atoms with van der Waals surface area (Å²) < 4.78 is 26.3. The van der Waals surface area contributed by atoms with Crippen molar-refractivity contribution in [1.82, 2.24) is 25.9 Å². The van der Waals surface area contributed by atoms with Crippen molar-refractivity contribution in [3.8, 4) is 23.0 Å². The first-order valence-electron chi connectivity index (χ1n) is 26.2. The highest BCUT2D eigenvalue weighted by atomic mass is 16.5. The molecule has 0 bridgehead atoms. The van der Waals surface area contributed by atoms with Crippen LogP contribution in [0.2, 0.25) is 0 Å². The molecule has 2 saturated carbocycles. The van der Waals surface area contributed by atoms with Gasteiger partial charge in [-0.2, -0.15) is 0 Å². The quantitative estimate of drug-likeness (QED) is 0.0290. The van der Waals surface area contributed by atoms with E-state index in [1.165, 1.54) is 45.9 Å². The number of carbonyl (C=O) groups excluding carboxylic acids is 4. The van der Waals surface area contributed by atoms with Crippen molar-refractivity contribution in [2.45, 2.75) is 77.3 Å². The van der Waals surface area contributed by atoms with Crippen molar-refractivity contribution in [2.75, 3.05) is 111 Å². The first kappa shape index (κ1) is 55.2. The van der Waals surface area contributed by atoms with E-state index in [1.54, 1.807) is 28.4 Å². The molecule has 2 heterocycles. The highest BCUT2D eigenvalue weighted by Gasteiger charge is 2.29. The van der Waals surface area contributed by atoms with Gasteiger partial charge in [0.1, 0.15) is 0 Å². The maximum atomic E-state index is 13.5. The molecule has 0 spiro atoms. The predicted molar refractivity (Wildman–Crippen MR) is 287 cm³/mol. The number of nitrogens with one attached hydrogen (secondary N) is 3. The molecule has 4 fully saturated rings. The third-order valence-corrected chi connectivity index (χ3v) is 14.7. The average molecular weight is 1020 g/mol. The lowest BCUT2D eigenvalue weighted by Crippen LogP contribution is -2.47. The number of hydrogen-bond donors (Lipinski definition) is 4. The van der Waals surface area contributed by atoms with Gasteiger partial charge in [0.05, 0.1) is 47.6 Å². The summed E-state index contributed by atoms with van der Waals surface area (Å²) in [7, 11) is 7.75. The SMILES string of the molecule is COC(=O)CCc1ccc(N2CCN(CC3CC3)CC2)cc1C(=O)N[C@H](C)c1ccc(OC)c(OC)c1.COc1ccc([C@@H](C)NC(=O)c2cc(N3CCN(CC4CC4)CC3)ccc2CCC(=O)NN)cc1OC. The van der Waals surface area contributed by atoms with Gasteiger partial charge in [0, 0.05) is 101 Å². The van der Waals surface area contributed by atoms with Crippen molar-refractivity contribution in [2.24, 2.45) is 17.7 Å². The zero-order chi connectivity index (χ0) is 52.7. The van der Waals surface area contributed by atoms with Crippen LogP contribution in [0.15, 0.2) is 72.8 Å². The van der Waals surface area contributed by atoms with Crippen LogP contribution in [0, 0.1) is 11.8 Å². The number of amides is 3. The summed E-state index contributed by atoms with van der Waals surface area (Å²) in [5, 5.41) is 6.25. The molecular weight excluding hydrogens is 941 g/mol. The fourth-order valence-electron chi connectivity index (χ4n) is 9.71. The van der Waals surface area contributed by atoms with Gasteiger partial charge < -0.3 is 44.1 Å². The van der Waals surface area contributed by atoms with Crippen LogP contribution in [-0.2, 0) is 27.2 Å². The molecule has 4 aromatic carbocycles. The van der Waals surface area contributed by atoms with Crippen LogP contribution in [0.25, 0.3) is 0 Å². The highest BCUT2D eigenvalue weighted by Crippen LogP contribution is 2.34. The number of piperazine rings is 2. The summed E-state index contributed by atoms with van der Waals surface area (Å²) in [6.07, 6.45) is 6.76. The third kappa shape index (κ3) is 15.3. The van der Waals surface area contributed by atoms with Crippen LogP contribution >= 0.6 is 0 Å². The Morgan fingerprint density at radius 3 is 1.31 bits per heavy atom. The molecule has 17 heteroatoms. The van der Waals surface area contributed by atoms with E-state index in [0.29, 0.717) is 47.0 Å². The summed E-state index contributed by atoms with van der Waals surface area (Å²) in [4.78, 5) is 60.5. The van der Waals surface area contributed by atoms with E-state index in [4.69, 9.17) is 29.5 Å². The van der Waals surface area contributed by atoms with E-state index in [1.807, 2.05) is 74.5 Å². The predicted octanol–water partition coefficient (Wildman–Crippen LogP) is 6.48. The summed E-state index contributed by atoms with van der Waals surface area (Å²) in [5.74, 6) is 8.64. The van der Waals surface area contributed by atoms with Gasteiger partial charge in [-0.05, 0) is 135 Å². The first-order chi connectivity index (χ1) is 35.8. The lowest BCUT2D eigenvalue weighted by atomic mass is 9.99. The van der Waals surface area contributed by atoms with E-state index < -0.39 is 0 Å². The van der Waals surface area contributed by atoms with Gasteiger partial charge in [0.2, 0.25) is 5.91 Å². The smallest absolute Gasteiger partial charge is 0.305 e. The minimum atomic E-state index is -0.291. The maximum absolute atomic E-state index is 13.5. The molecule has 17 nitrogen and oxygen atoms in total. The van der Waals surface area contributed by atoms with Crippen LogP contribution in [-0.4, -0.2) is 134 Å². The number of rotatable bonds is 22. The molecule has 3 amide bonds. The Morgan fingerprint density at radius 2 is 0.946 bits per heavy atom. The molecule has 4 aromatic rings. The summed E-state index contributed by atoms with van der Waals surface area (Å²) >= 11 is 0. The van der Waals surface area contributed by atoms with Crippen molar-refractivity contribution in [3.05, 3.63) is 106 Å². The molecule has 2 saturated heterocycles. The second-order valence-electron chi connectivity index (χ2n) is 19.9. The molecule has 2 aliphatic carbocycles. The Balaban J connectivity index is 0.000000216. The fourth-order valence-corrected chi connectivity index (χ4v) is 9.71. The Morgan fingerprint density at radius 1 is 0.541 bits per heavy atom. The lowest BCUT2D eigenvalue weighted by Gasteiger charge is -2.36. The number of aryl methyl sites for hydroxylation is 2.